The molecule has 15 heteroatoms. The number of carbonyl (C=O) groups excluding carboxylic acids is 1. The summed E-state index contributed by atoms with van der Waals surface area (Å²) in [5.74, 6) is 0.280. The zero-order valence-corrected chi connectivity index (χ0v) is 22.0. The van der Waals surface area contributed by atoms with Crippen LogP contribution in [0.25, 0.3) is 21.4 Å². The van der Waals surface area contributed by atoms with E-state index in [9.17, 15) is 22.8 Å². The van der Waals surface area contributed by atoms with Crippen molar-refractivity contribution in [3.8, 4) is 5.69 Å². The molecular weight excluding hydrogens is 563 g/mol. The lowest BCUT2D eigenvalue weighted by Gasteiger charge is -2.22. The smallest absolute Gasteiger partial charge is 0.392 e. The Morgan fingerprint density at radius 3 is 2.63 bits per heavy atom. The largest absolute Gasteiger partial charge is 0.411 e. The molecule has 2 aromatic heterocycles. The predicted octanol–water partition coefficient (Wildman–Crippen LogP) is 5.35. The van der Waals surface area contributed by atoms with Crippen molar-refractivity contribution in [2.24, 2.45) is 0 Å². The maximum absolute atomic E-state index is 13.8. The summed E-state index contributed by atoms with van der Waals surface area (Å²) in [5, 5.41) is 7.75. The maximum Gasteiger partial charge on any atom is 0.411 e. The van der Waals surface area contributed by atoms with Crippen LogP contribution in [0.1, 0.15) is 31.6 Å². The first kappa shape index (κ1) is 27.7. The molecule has 210 valence electrons. The Hall–Kier alpha value is -4.90. The van der Waals surface area contributed by atoms with Gasteiger partial charge in [0.1, 0.15) is 29.3 Å². The highest BCUT2D eigenvalue weighted by Gasteiger charge is 2.64. The van der Waals surface area contributed by atoms with E-state index in [1.165, 1.54) is 29.1 Å². The fourth-order valence-electron chi connectivity index (χ4n) is 4.33. The number of alkyl halides is 3. The molecule has 1 aliphatic rings. The second-order valence-electron chi connectivity index (χ2n) is 9.39. The number of urea groups is 1. The normalized spacial score (nSPS) is 14.6. The van der Waals surface area contributed by atoms with E-state index in [2.05, 4.69) is 30.4 Å². The summed E-state index contributed by atoms with van der Waals surface area (Å²) in [7, 11) is 0. The Bertz CT molecular complexity index is 1780. The van der Waals surface area contributed by atoms with Gasteiger partial charge >= 0.3 is 12.2 Å². The van der Waals surface area contributed by atoms with Crippen LogP contribution in [-0.4, -0.2) is 37.3 Å². The third-order valence-corrected chi connectivity index (χ3v) is 6.90. The maximum atomic E-state index is 13.8. The number of nitrogens with two attached hydrogens (primary N) is 1. The quantitative estimate of drug-likeness (QED) is 0.224. The van der Waals surface area contributed by atoms with E-state index in [4.69, 9.17) is 23.9 Å². The Labute approximate surface area is 235 Å². The zero-order valence-electron chi connectivity index (χ0n) is 21.3. The van der Waals surface area contributed by atoms with Gasteiger partial charge in [-0.3, -0.25) is 9.36 Å². The molecule has 1 atom stereocenters. The molecule has 2 amide bonds. The molecule has 1 aliphatic carbocycles. The number of nitrogens with one attached hydrogen (secondary N) is 3. The van der Waals surface area contributed by atoms with Crippen LogP contribution >= 0.6 is 11.6 Å². The highest BCUT2D eigenvalue weighted by Crippen LogP contribution is 2.48. The van der Waals surface area contributed by atoms with Gasteiger partial charge in [0.15, 0.2) is 0 Å². The van der Waals surface area contributed by atoms with Crippen molar-refractivity contribution >= 4 is 51.5 Å². The number of nitrogens with zero attached hydrogens (tertiary/aromatic N) is 5. The molecule has 5 rings (SSSR count). The summed E-state index contributed by atoms with van der Waals surface area (Å²) >= 11 is 6.35. The second kappa shape index (κ2) is 10.3. The predicted molar refractivity (Wildman–Crippen MR) is 147 cm³/mol. The Morgan fingerprint density at radius 1 is 1.22 bits per heavy atom. The van der Waals surface area contributed by atoms with Crippen LogP contribution in [0.4, 0.5) is 41.0 Å². The van der Waals surface area contributed by atoms with E-state index >= 15 is 0 Å². The summed E-state index contributed by atoms with van der Waals surface area (Å²) in [4.78, 5) is 42.2. The summed E-state index contributed by atoms with van der Waals surface area (Å²) in [6, 6.07) is 9.01. The number of halogens is 4. The molecule has 0 bridgehead atoms. The molecule has 0 aliphatic heterocycles. The zero-order chi connectivity index (χ0) is 29.5. The number of hydrogen-bond donors (Lipinski definition) is 4. The van der Waals surface area contributed by atoms with Crippen LogP contribution in [-0.2, 0) is 0 Å². The van der Waals surface area contributed by atoms with E-state index in [1.54, 1.807) is 31.2 Å². The molecule has 0 unspecified atom stereocenters. The van der Waals surface area contributed by atoms with Crippen molar-refractivity contribution in [1.29, 1.82) is 0 Å². The summed E-state index contributed by atoms with van der Waals surface area (Å²) in [6.07, 6.45) is -3.80. The Morgan fingerprint density at radius 2 is 1.95 bits per heavy atom. The number of aromatic nitrogens is 4. The first-order valence-corrected chi connectivity index (χ1v) is 12.5. The molecular formula is C26H21ClF3N9O2. The van der Waals surface area contributed by atoms with Gasteiger partial charge in [0.25, 0.3) is 11.2 Å². The van der Waals surface area contributed by atoms with Gasteiger partial charge in [0, 0.05) is 5.69 Å². The summed E-state index contributed by atoms with van der Waals surface area (Å²) in [5.41, 5.74) is 3.71. The highest BCUT2D eigenvalue weighted by molar-refractivity contribution is 6.35. The average Bonchev–Trinajstić information content (AvgIpc) is 3.69. The van der Waals surface area contributed by atoms with Crippen molar-refractivity contribution in [3.63, 3.8) is 0 Å². The van der Waals surface area contributed by atoms with Gasteiger partial charge in [-0.05, 0) is 50.1 Å². The third kappa shape index (κ3) is 5.19. The Kier molecular flexibility index (Phi) is 6.92. The van der Waals surface area contributed by atoms with Crippen LogP contribution in [0.5, 0.6) is 0 Å². The standard InChI is InChI=1S/C26H21ClF3N9O2/c1-13(35-21-19(32-2)20(31)33-12-34-21)22-37-17-8-4-7-16(27)18(17)23(40)39(22)15-6-3-5-14(11-15)36-24(41)38-25(9-10-25)26(28,29)30/h3-8,11-13H,9-10H2,1H3,(H2,36,38,41)(H3,31,33,34,35)/t13-/m0/s1. The fourth-order valence-corrected chi connectivity index (χ4v) is 4.58. The fraction of sp³-hybridized carbons (Fsp3) is 0.231. The van der Waals surface area contributed by atoms with Gasteiger partial charge in [-0.2, -0.15) is 13.2 Å². The molecule has 1 fully saturated rings. The lowest BCUT2D eigenvalue weighted by Crippen LogP contribution is -2.49. The first-order chi connectivity index (χ1) is 19.4. The van der Waals surface area contributed by atoms with Crippen molar-refractivity contribution in [3.05, 3.63) is 81.4 Å². The lowest BCUT2D eigenvalue weighted by molar-refractivity contribution is -0.162. The first-order valence-electron chi connectivity index (χ1n) is 12.2. The van der Waals surface area contributed by atoms with E-state index in [-0.39, 0.29) is 57.8 Å². The molecule has 4 aromatic rings. The minimum Gasteiger partial charge on any atom is -0.392 e. The van der Waals surface area contributed by atoms with Crippen molar-refractivity contribution in [2.75, 3.05) is 16.4 Å². The van der Waals surface area contributed by atoms with Gasteiger partial charge in [0.2, 0.25) is 0 Å². The third-order valence-electron chi connectivity index (χ3n) is 6.58. The SMILES string of the molecule is [C-]#[N+]c1c(N)ncnc1N[C@@H](C)c1nc2cccc(Cl)c2c(=O)n1-c1cccc(NC(=O)NC2(C(F)(F)F)CC2)c1. The number of carbonyl (C=O) groups is 1. The van der Waals surface area contributed by atoms with Gasteiger partial charge < -0.3 is 21.7 Å². The van der Waals surface area contributed by atoms with Crippen LogP contribution in [0.2, 0.25) is 5.02 Å². The number of hydrogen-bond acceptors (Lipinski definition) is 7. The molecule has 0 radical (unpaired) electrons. The number of nitrogen functional groups attached to an aromatic ring is 1. The number of benzene rings is 2. The van der Waals surface area contributed by atoms with Gasteiger partial charge in [0.05, 0.1) is 34.2 Å². The van der Waals surface area contributed by atoms with E-state index in [1.807, 2.05) is 5.32 Å². The minimum absolute atomic E-state index is 0.0124. The van der Waals surface area contributed by atoms with Crippen molar-refractivity contribution in [1.82, 2.24) is 24.8 Å². The number of amides is 2. The van der Waals surface area contributed by atoms with Crippen LogP contribution in [0.3, 0.4) is 0 Å². The number of anilines is 3. The lowest BCUT2D eigenvalue weighted by atomic mass is 10.2. The highest BCUT2D eigenvalue weighted by atomic mass is 35.5. The molecule has 0 spiro atoms. The van der Waals surface area contributed by atoms with Gasteiger partial charge in [-0.1, -0.05) is 23.7 Å². The summed E-state index contributed by atoms with van der Waals surface area (Å²) < 4.78 is 41.1. The molecule has 0 saturated heterocycles. The molecule has 41 heavy (non-hydrogen) atoms. The number of fused-ring (bicyclic) bond motifs is 1. The van der Waals surface area contributed by atoms with E-state index in [0.29, 0.717) is 5.52 Å². The van der Waals surface area contributed by atoms with Crippen LogP contribution < -0.4 is 27.2 Å². The average molecular weight is 584 g/mol. The van der Waals surface area contributed by atoms with Gasteiger partial charge in [-0.15, -0.1) is 0 Å². The number of rotatable bonds is 6. The monoisotopic (exact) mass is 583 g/mol. The topological polar surface area (TPSA) is 144 Å². The summed E-state index contributed by atoms with van der Waals surface area (Å²) in [6.45, 7) is 9.11. The van der Waals surface area contributed by atoms with Gasteiger partial charge in [-0.25, -0.2) is 24.6 Å². The Balaban J connectivity index is 1.56. The van der Waals surface area contributed by atoms with E-state index < -0.39 is 29.3 Å². The second-order valence-corrected chi connectivity index (χ2v) is 9.79. The minimum atomic E-state index is -4.57. The van der Waals surface area contributed by atoms with Crippen LogP contribution in [0.15, 0.2) is 53.6 Å². The van der Waals surface area contributed by atoms with Crippen molar-refractivity contribution in [2.45, 2.75) is 37.5 Å². The molecule has 11 nitrogen and oxygen atoms in total. The van der Waals surface area contributed by atoms with Crippen LogP contribution in [0, 0.1) is 6.57 Å². The van der Waals surface area contributed by atoms with E-state index in [0.717, 1.165) is 0 Å². The molecule has 5 N–H and O–H groups in total. The molecule has 1 saturated carbocycles. The molecule has 2 heterocycles. The van der Waals surface area contributed by atoms with Crippen molar-refractivity contribution < 1.29 is 18.0 Å². The molecule has 2 aromatic carbocycles.